The van der Waals surface area contributed by atoms with Crippen LogP contribution in [0.3, 0.4) is 0 Å². The average Bonchev–Trinajstić information content (AvgIpc) is 3.25. The molecule has 0 N–H and O–H groups in total. The van der Waals surface area contributed by atoms with Gasteiger partial charge in [0.2, 0.25) is 5.91 Å². The molecule has 1 unspecified atom stereocenters. The summed E-state index contributed by atoms with van der Waals surface area (Å²) in [6.07, 6.45) is 1.11. The largest absolute Gasteiger partial charge is 0.497 e. The molecule has 33 heavy (non-hydrogen) atoms. The molecule has 3 aromatic rings. The van der Waals surface area contributed by atoms with Crippen LogP contribution in [-0.4, -0.2) is 52.7 Å². The van der Waals surface area contributed by atoms with E-state index in [9.17, 15) is 18.0 Å². The molecule has 1 aliphatic heterocycles. The van der Waals surface area contributed by atoms with Crippen molar-refractivity contribution in [1.29, 1.82) is 0 Å². The number of halogens is 3. The Morgan fingerprint density at radius 3 is 2.70 bits per heavy atom. The van der Waals surface area contributed by atoms with Crippen LogP contribution in [0, 0.1) is 0 Å². The summed E-state index contributed by atoms with van der Waals surface area (Å²) in [6, 6.07) is 7.59. The highest BCUT2D eigenvalue weighted by atomic mass is 19.4. The number of methoxy groups -OCH3 is 2. The lowest BCUT2D eigenvalue weighted by molar-refractivity contribution is -0.137. The van der Waals surface area contributed by atoms with Gasteiger partial charge in [0.15, 0.2) is 5.65 Å². The van der Waals surface area contributed by atoms with Crippen LogP contribution >= 0.6 is 0 Å². The number of rotatable bonds is 5. The number of likely N-dealkylation sites (tertiary alicyclic amines) is 1. The van der Waals surface area contributed by atoms with Crippen LogP contribution in [0.2, 0.25) is 0 Å². The standard InChI is InChI=1S/C23H23F3N4O3/c1-32-18-8-5-15(19(12-18)33-2)6-10-21(31)29-11-3-4-16(13-29)22-28-27-20-9-7-17(14-30(20)22)23(24,25)26/h5-10,12,14,16H,3-4,11,13H2,1-2H3/b10-6+. The Morgan fingerprint density at radius 1 is 1.15 bits per heavy atom. The molecule has 0 saturated carbocycles. The molecule has 0 radical (unpaired) electrons. The third-order valence-corrected chi connectivity index (χ3v) is 5.70. The summed E-state index contributed by atoms with van der Waals surface area (Å²) in [5.74, 6) is 1.23. The lowest BCUT2D eigenvalue weighted by Crippen LogP contribution is -2.38. The van der Waals surface area contributed by atoms with Gasteiger partial charge in [-0.25, -0.2) is 0 Å². The van der Waals surface area contributed by atoms with Gasteiger partial charge in [0.1, 0.15) is 17.3 Å². The molecule has 1 saturated heterocycles. The molecule has 1 atom stereocenters. The van der Waals surface area contributed by atoms with Gasteiger partial charge in [0, 0.05) is 42.9 Å². The number of hydrogen-bond acceptors (Lipinski definition) is 5. The van der Waals surface area contributed by atoms with Gasteiger partial charge in [0.05, 0.1) is 19.8 Å². The highest BCUT2D eigenvalue weighted by Gasteiger charge is 2.32. The Hall–Kier alpha value is -3.56. The van der Waals surface area contributed by atoms with E-state index >= 15 is 0 Å². The summed E-state index contributed by atoms with van der Waals surface area (Å²) in [5, 5.41) is 8.13. The SMILES string of the molecule is COc1ccc(/C=C/C(=O)N2CCCC(c3nnc4ccc(C(F)(F)F)cn34)C2)c(OC)c1. The Bertz CT molecular complexity index is 1190. The summed E-state index contributed by atoms with van der Waals surface area (Å²) in [6.45, 7) is 0.907. The monoisotopic (exact) mass is 460 g/mol. The van der Waals surface area contributed by atoms with Gasteiger partial charge in [-0.1, -0.05) is 0 Å². The second-order valence-corrected chi connectivity index (χ2v) is 7.77. The van der Waals surface area contributed by atoms with Crippen LogP contribution in [0.15, 0.2) is 42.6 Å². The van der Waals surface area contributed by atoms with Crippen LogP contribution in [-0.2, 0) is 11.0 Å². The van der Waals surface area contributed by atoms with E-state index in [0.29, 0.717) is 48.9 Å². The maximum absolute atomic E-state index is 13.2. The number of hydrogen-bond donors (Lipinski definition) is 0. The fourth-order valence-corrected chi connectivity index (χ4v) is 3.97. The van der Waals surface area contributed by atoms with Crippen molar-refractivity contribution in [2.24, 2.45) is 0 Å². The smallest absolute Gasteiger partial charge is 0.417 e. The van der Waals surface area contributed by atoms with Crippen molar-refractivity contribution in [3.05, 3.63) is 59.6 Å². The van der Waals surface area contributed by atoms with Gasteiger partial charge in [-0.05, 0) is 43.2 Å². The van der Waals surface area contributed by atoms with E-state index in [1.807, 2.05) is 0 Å². The molecular formula is C23H23F3N4O3. The third-order valence-electron chi connectivity index (χ3n) is 5.70. The number of piperidine rings is 1. The second-order valence-electron chi connectivity index (χ2n) is 7.77. The quantitative estimate of drug-likeness (QED) is 0.535. The van der Waals surface area contributed by atoms with Gasteiger partial charge < -0.3 is 14.4 Å². The van der Waals surface area contributed by atoms with E-state index in [-0.39, 0.29) is 11.8 Å². The lowest BCUT2D eigenvalue weighted by atomic mass is 9.97. The topological polar surface area (TPSA) is 69.0 Å². The maximum Gasteiger partial charge on any atom is 0.417 e. The van der Waals surface area contributed by atoms with E-state index in [4.69, 9.17) is 9.47 Å². The molecule has 0 spiro atoms. The minimum absolute atomic E-state index is 0.192. The fraction of sp³-hybridized carbons (Fsp3) is 0.348. The van der Waals surface area contributed by atoms with E-state index < -0.39 is 11.7 Å². The molecule has 4 rings (SSSR count). The van der Waals surface area contributed by atoms with E-state index in [1.165, 1.54) is 23.7 Å². The summed E-state index contributed by atoms with van der Waals surface area (Å²) < 4.78 is 51.4. The number of fused-ring (bicyclic) bond motifs is 1. The minimum atomic E-state index is -4.46. The predicted octanol–water partition coefficient (Wildman–Crippen LogP) is 4.18. The van der Waals surface area contributed by atoms with Crippen molar-refractivity contribution >= 4 is 17.6 Å². The van der Waals surface area contributed by atoms with E-state index in [2.05, 4.69) is 10.2 Å². The Morgan fingerprint density at radius 2 is 1.97 bits per heavy atom. The maximum atomic E-state index is 13.2. The molecule has 3 heterocycles. The highest BCUT2D eigenvalue weighted by Crippen LogP contribution is 2.31. The summed E-state index contributed by atoms with van der Waals surface area (Å²) in [4.78, 5) is 14.5. The first kappa shape index (κ1) is 22.6. The molecule has 1 fully saturated rings. The Labute approximate surface area is 188 Å². The number of benzene rings is 1. The first-order valence-electron chi connectivity index (χ1n) is 10.4. The number of amides is 1. The number of aromatic nitrogens is 3. The van der Waals surface area contributed by atoms with Crippen molar-refractivity contribution < 1.29 is 27.4 Å². The number of alkyl halides is 3. The molecular weight excluding hydrogens is 437 g/mol. The van der Waals surface area contributed by atoms with Gasteiger partial charge in [0.25, 0.3) is 0 Å². The highest BCUT2D eigenvalue weighted by molar-refractivity contribution is 5.92. The van der Waals surface area contributed by atoms with Crippen LogP contribution in [0.4, 0.5) is 13.2 Å². The van der Waals surface area contributed by atoms with Crippen LogP contribution in [0.1, 0.15) is 35.7 Å². The third kappa shape index (κ3) is 4.79. The fourth-order valence-electron chi connectivity index (χ4n) is 3.97. The number of carbonyl (C=O) groups excluding carboxylic acids is 1. The van der Waals surface area contributed by atoms with Gasteiger partial charge in [-0.15, -0.1) is 10.2 Å². The molecule has 0 aliphatic carbocycles. The van der Waals surface area contributed by atoms with Gasteiger partial charge >= 0.3 is 6.18 Å². The normalized spacial score (nSPS) is 17.0. The van der Waals surface area contributed by atoms with Gasteiger partial charge in [-0.2, -0.15) is 13.2 Å². The number of pyridine rings is 1. The van der Waals surface area contributed by atoms with Crippen molar-refractivity contribution in [1.82, 2.24) is 19.5 Å². The minimum Gasteiger partial charge on any atom is -0.497 e. The molecule has 1 amide bonds. The summed E-state index contributed by atoms with van der Waals surface area (Å²) >= 11 is 0. The first-order valence-corrected chi connectivity index (χ1v) is 10.4. The Kier molecular flexibility index (Phi) is 6.26. The van der Waals surface area contributed by atoms with Crippen molar-refractivity contribution in [2.45, 2.75) is 24.9 Å². The van der Waals surface area contributed by atoms with Crippen LogP contribution < -0.4 is 9.47 Å². The van der Waals surface area contributed by atoms with Crippen LogP contribution in [0.5, 0.6) is 11.5 Å². The molecule has 0 bridgehead atoms. The van der Waals surface area contributed by atoms with Crippen LogP contribution in [0.25, 0.3) is 11.7 Å². The summed E-state index contributed by atoms with van der Waals surface area (Å²) in [7, 11) is 3.10. The Balaban J connectivity index is 1.52. The number of carbonyl (C=O) groups is 1. The average molecular weight is 460 g/mol. The van der Waals surface area contributed by atoms with Crippen molar-refractivity contribution in [2.75, 3.05) is 27.3 Å². The lowest BCUT2D eigenvalue weighted by Gasteiger charge is -2.31. The number of ether oxygens (including phenoxy) is 2. The first-order chi connectivity index (χ1) is 15.8. The van der Waals surface area contributed by atoms with Crippen molar-refractivity contribution in [3.8, 4) is 11.5 Å². The van der Waals surface area contributed by atoms with Gasteiger partial charge in [-0.3, -0.25) is 9.20 Å². The van der Waals surface area contributed by atoms with E-state index in [1.54, 1.807) is 36.3 Å². The molecule has 7 nitrogen and oxygen atoms in total. The van der Waals surface area contributed by atoms with Crippen molar-refractivity contribution in [3.63, 3.8) is 0 Å². The predicted molar refractivity (Wildman–Crippen MR) is 115 cm³/mol. The zero-order valence-corrected chi connectivity index (χ0v) is 18.2. The molecule has 1 aromatic carbocycles. The molecule has 1 aliphatic rings. The molecule has 10 heteroatoms. The zero-order valence-electron chi connectivity index (χ0n) is 18.2. The zero-order chi connectivity index (χ0) is 23.6. The molecule has 2 aromatic heterocycles. The summed E-state index contributed by atoms with van der Waals surface area (Å²) in [5.41, 5.74) is 0.299. The van der Waals surface area contributed by atoms with E-state index in [0.717, 1.165) is 17.8 Å². The molecule has 174 valence electrons. The number of nitrogens with zero attached hydrogens (tertiary/aromatic N) is 4. The second kappa shape index (κ2) is 9.13.